The highest BCUT2D eigenvalue weighted by Crippen LogP contribution is 2.22. The van der Waals surface area contributed by atoms with Crippen molar-refractivity contribution in [2.24, 2.45) is 5.92 Å². The van der Waals surface area contributed by atoms with Gasteiger partial charge in [0.25, 0.3) is 0 Å². The molecule has 1 fully saturated rings. The first-order valence-corrected chi connectivity index (χ1v) is 7.87. The Morgan fingerprint density at radius 1 is 1.28 bits per heavy atom. The van der Waals surface area contributed by atoms with Gasteiger partial charge in [-0.05, 0) is 43.7 Å². The largest absolute Gasteiger partial charge is 0.481 e. The van der Waals surface area contributed by atoms with E-state index in [1.54, 1.807) is 36.5 Å². The molecule has 2 heterocycles. The number of carboxylic acids is 1. The van der Waals surface area contributed by atoms with Gasteiger partial charge in [0.05, 0.1) is 5.92 Å². The second-order valence-corrected chi connectivity index (χ2v) is 5.81. The molecule has 0 aliphatic carbocycles. The molecule has 2 amide bonds. The second-order valence-electron chi connectivity index (χ2n) is 5.81. The van der Waals surface area contributed by atoms with Crippen molar-refractivity contribution in [2.75, 3.05) is 18.4 Å². The van der Waals surface area contributed by atoms with Gasteiger partial charge in [0.15, 0.2) is 0 Å². The molecule has 1 aliphatic heterocycles. The van der Waals surface area contributed by atoms with Crippen molar-refractivity contribution >= 4 is 17.7 Å². The number of anilines is 1. The van der Waals surface area contributed by atoms with Crippen molar-refractivity contribution < 1.29 is 19.4 Å². The van der Waals surface area contributed by atoms with Gasteiger partial charge in [-0.3, -0.25) is 4.79 Å². The summed E-state index contributed by atoms with van der Waals surface area (Å²) in [6, 6.07) is 8.53. The number of nitrogens with one attached hydrogen (secondary N) is 1. The van der Waals surface area contributed by atoms with Crippen molar-refractivity contribution in [1.29, 1.82) is 0 Å². The number of benzene rings is 1. The van der Waals surface area contributed by atoms with Crippen LogP contribution >= 0.6 is 0 Å². The molecule has 1 aromatic heterocycles. The van der Waals surface area contributed by atoms with Crippen LogP contribution in [0, 0.1) is 12.8 Å². The Morgan fingerprint density at radius 2 is 2.04 bits per heavy atom. The summed E-state index contributed by atoms with van der Waals surface area (Å²) in [5.74, 6) is -0.804. The first-order valence-electron chi connectivity index (χ1n) is 7.87. The minimum atomic E-state index is -0.866. The van der Waals surface area contributed by atoms with Gasteiger partial charge >= 0.3 is 18.0 Å². The normalized spacial score (nSPS) is 16.5. The van der Waals surface area contributed by atoms with Crippen LogP contribution < -0.4 is 10.1 Å². The van der Waals surface area contributed by atoms with Crippen LogP contribution in [0.3, 0.4) is 0 Å². The molecule has 25 heavy (non-hydrogen) atoms. The molecule has 8 heteroatoms. The molecule has 0 radical (unpaired) electrons. The zero-order valence-electron chi connectivity index (χ0n) is 13.7. The molecular weight excluding hydrogens is 324 g/mol. The highest BCUT2D eigenvalue weighted by molar-refractivity contribution is 5.90. The topological polar surface area (TPSA) is 105 Å². The quantitative estimate of drug-likeness (QED) is 0.884. The zero-order valence-corrected chi connectivity index (χ0v) is 13.7. The smallest absolute Gasteiger partial charge is 0.322 e. The van der Waals surface area contributed by atoms with Crippen LogP contribution in [-0.2, 0) is 4.79 Å². The van der Waals surface area contributed by atoms with Gasteiger partial charge in [0.2, 0.25) is 0 Å². The first-order chi connectivity index (χ1) is 12.0. The third-order valence-electron chi connectivity index (χ3n) is 3.91. The van der Waals surface area contributed by atoms with Crippen LogP contribution in [-0.4, -0.2) is 45.1 Å². The summed E-state index contributed by atoms with van der Waals surface area (Å²) in [4.78, 5) is 32.8. The molecule has 1 aliphatic rings. The molecule has 0 spiro atoms. The van der Waals surface area contributed by atoms with E-state index in [9.17, 15) is 9.59 Å². The van der Waals surface area contributed by atoms with E-state index in [1.807, 2.05) is 6.92 Å². The molecule has 1 aromatic carbocycles. The number of aliphatic carboxylic acids is 1. The molecule has 0 unspecified atom stereocenters. The van der Waals surface area contributed by atoms with E-state index in [0.29, 0.717) is 24.4 Å². The van der Waals surface area contributed by atoms with Crippen LogP contribution in [0.5, 0.6) is 11.8 Å². The predicted molar refractivity (Wildman–Crippen MR) is 89.6 cm³/mol. The highest BCUT2D eigenvalue weighted by Gasteiger charge is 2.30. The number of urea groups is 1. The number of carboxylic acid groups (broad SMARTS) is 1. The van der Waals surface area contributed by atoms with Crippen LogP contribution in [0.25, 0.3) is 0 Å². The van der Waals surface area contributed by atoms with E-state index in [1.165, 1.54) is 4.90 Å². The summed E-state index contributed by atoms with van der Waals surface area (Å²) in [7, 11) is 0. The molecule has 3 rings (SSSR count). The van der Waals surface area contributed by atoms with Crippen molar-refractivity contribution in [1.82, 2.24) is 14.9 Å². The van der Waals surface area contributed by atoms with Gasteiger partial charge in [-0.25, -0.2) is 14.8 Å². The monoisotopic (exact) mass is 342 g/mol. The molecule has 2 N–H and O–H groups in total. The number of rotatable bonds is 4. The van der Waals surface area contributed by atoms with Gasteiger partial charge in [-0.2, -0.15) is 0 Å². The maximum Gasteiger partial charge on any atom is 0.322 e. The van der Waals surface area contributed by atoms with Crippen LogP contribution in [0.4, 0.5) is 10.5 Å². The molecule has 8 nitrogen and oxygen atoms in total. The lowest BCUT2D eigenvalue weighted by atomic mass is 10.1. The summed E-state index contributed by atoms with van der Waals surface area (Å²) in [5, 5.41) is 11.7. The van der Waals surface area contributed by atoms with E-state index >= 15 is 0 Å². The lowest BCUT2D eigenvalue weighted by Crippen LogP contribution is -2.33. The van der Waals surface area contributed by atoms with Crippen molar-refractivity contribution in [3.05, 3.63) is 42.2 Å². The predicted octanol–water partition coefficient (Wildman–Crippen LogP) is 2.52. The van der Waals surface area contributed by atoms with E-state index in [0.717, 1.165) is 5.69 Å². The molecular formula is C17H18N4O4. The molecule has 1 atom stereocenters. The first kappa shape index (κ1) is 16.7. The number of nitrogens with zero attached hydrogens (tertiary/aromatic N) is 3. The van der Waals surface area contributed by atoms with Gasteiger partial charge in [-0.1, -0.05) is 0 Å². The van der Waals surface area contributed by atoms with Gasteiger partial charge < -0.3 is 20.1 Å². The number of carbonyl (C=O) groups is 2. The summed E-state index contributed by atoms with van der Waals surface area (Å²) in [6.07, 6.45) is 2.10. The third kappa shape index (κ3) is 4.23. The number of ether oxygens (including phenoxy) is 1. The fraction of sp³-hybridized carbons (Fsp3) is 0.294. The summed E-state index contributed by atoms with van der Waals surface area (Å²) in [6.45, 7) is 2.52. The number of carbonyl (C=O) groups excluding carboxylic acids is 1. The second kappa shape index (κ2) is 7.16. The van der Waals surface area contributed by atoms with E-state index in [4.69, 9.17) is 9.84 Å². The van der Waals surface area contributed by atoms with E-state index < -0.39 is 11.9 Å². The van der Waals surface area contributed by atoms with Crippen molar-refractivity contribution in [3.63, 3.8) is 0 Å². The third-order valence-corrected chi connectivity index (χ3v) is 3.91. The Morgan fingerprint density at radius 3 is 2.68 bits per heavy atom. The molecule has 0 saturated carbocycles. The lowest BCUT2D eigenvalue weighted by Gasteiger charge is -2.16. The van der Waals surface area contributed by atoms with Crippen LogP contribution in [0.15, 0.2) is 36.5 Å². The molecule has 2 aromatic rings. The number of aryl methyl sites for hydroxylation is 1. The number of likely N-dealkylation sites (tertiary alicyclic amines) is 1. The van der Waals surface area contributed by atoms with Crippen LogP contribution in [0.2, 0.25) is 0 Å². The minimum Gasteiger partial charge on any atom is -0.481 e. The lowest BCUT2D eigenvalue weighted by molar-refractivity contribution is -0.141. The minimum absolute atomic E-state index is 0.229. The van der Waals surface area contributed by atoms with Crippen molar-refractivity contribution in [2.45, 2.75) is 13.3 Å². The summed E-state index contributed by atoms with van der Waals surface area (Å²) in [5.41, 5.74) is 1.40. The fourth-order valence-electron chi connectivity index (χ4n) is 2.54. The van der Waals surface area contributed by atoms with Gasteiger partial charge in [0.1, 0.15) is 5.75 Å². The maximum atomic E-state index is 12.2. The Balaban J connectivity index is 1.57. The average Bonchev–Trinajstić information content (AvgIpc) is 3.07. The van der Waals surface area contributed by atoms with Gasteiger partial charge in [0, 0.05) is 30.7 Å². The molecule has 1 saturated heterocycles. The molecule has 0 bridgehead atoms. The number of hydrogen-bond donors (Lipinski definition) is 2. The Hall–Kier alpha value is -3.16. The van der Waals surface area contributed by atoms with Crippen molar-refractivity contribution in [3.8, 4) is 11.8 Å². The standard InChI is InChI=1S/C17H18N4O4/c1-11-6-8-18-16(19-11)25-14-4-2-13(3-5-14)20-17(24)21-9-7-12(10-21)15(22)23/h2-6,8,12H,7,9-10H2,1H3,(H,20,24)(H,22,23)/t12-/m0/s1. The fourth-order valence-corrected chi connectivity index (χ4v) is 2.54. The van der Waals surface area contributed by atoms with E-state index in [-0.39, 0.29) is 18.6 Å². The molecule has 130 valence electrons. The number of hydrogen-bond acceptors (Lipinski definition) is 5. The van der Waals surface area contributed by atoms with Gasteiger partial charge in [-0.15, -0.1) is 0 Å². The SMILES string of the molecule is Cc1ccnc(Oc2ccc(NC(=O)N3CC[C@H](C(=O)O)C3)cc2)n1. The zero-order chi connectivity index (χ0) is 17.8. The average molecular weight is 342 g/mol. The number of amides is 2. The Kier molecular flexibility index (Phi) is 4.78. The highest BCUT2D eigenvalue weighted by atomic mass is 16.5. The maximum absolute atomic E-state index is 12.2. The Labute approximate surface area is 144 Å². The van der Waals surface area contributed by atoms with Crippen LogP contribution in [0.1, 0.15) is 12.1 Å². The Bertz CT molecular complexity index is 778. The number of aromatic nitrogens is 2. The summed E-state index contributed by atoms with van der Waals surface area (Å²) >= 11 is 0. The van der Waals surface area contributed by atoms with E-state index in [2.05, 4.69) is 15.3 Å². The summed E-state index contributed by atoms with van der Waals surface area (Å²) < 4.78 is 5.55.